The fourth-order valence-corrected chi connectivity index (χ4v) is 4.42. The van der Waals surface area contributed by atoms with E-state index >= 15 is 0 Å². The Balaban J connectivity index is 2.00. The van der Waals surface area contributed by atoms with E-state index in [1.54, 1.807) is 13.2 Å². The molecule has 1 aromatic rings. The van der Waals surface area contributed by atoms with Crippen LogP contribution in [0.5, 0.6) is 11.5 Å². The minimum Gasteiger partial charge on any atom is -0.492 e. The number of benzene rings is 1. The smallest absolute Gasteiger partial charge is 0.235 e. The second kappa shape index (κ2) is 7.06. The van der Waals surface area contributed by atoms with Gasteiger partial charge in [0.05, 0.1) is 23.2 Å². The van der Waals surface area contributed by atoms with Crippen molar-refractivity contribution >= 4 is 22.0 Å². The highest BCUT2D eigenvalue weighted by Gasteiger charge is 2.37. The van der Waals surface area contributed by atoms with Gasteiger partial charge in [0.2, 0.25) is 6.08 Å². The summed E-state index contributed by atoms with van der Waals surface area (Å²) in [5, 5.41) is 0. The number of nitrogens with zero attached hydrogens (tertiary/aromatic N) is 1. The van der Waals surface area contributed by atoms with Crippen molar-refractivity contribution in [2.75, 3.05) is 7.11 Å². The van der Waals surface area contributed by atoms with Gasteiger partial charge in [0, 0.05) is 0 Å². The summed E-state index contributed by atoms with van der Waals surface area (Å²) in [4.78, 5) is 15.1. The van der Waals surface area contributed by atoms with Gasteiger partial charge < -0.3 is 9.47 Å². The van der Waals surface area contributed by atoms with Crippen LogP contribution in [-0.4, -0.2) is 19.3 Å². The molecule has 0 amide bonds. The largest absolute Gasteiger partial charge is 0.492 e. The fourth-order valence-electron chi connectivity index (χ4n) is 3.82. The van der Waals surface area contributed by atoms with Crippen LogP contribution >= 0.6 is 15.9 Å². The average molecular weight is 380 g/mol. The Kier molecular flexibility index (Phi) is 5.08. The highest BCUT2D eigenvalue weighted by molar-refractivity contribution is 9.10. The molecule has 2 aliphatic rings. The summed E-state index contributed by atoms with van der Waals surface area (Å²) < 4.78 is 12.6. The zero-order chi connectivity index (χ0) is 16.3. The Morgan fingerprint density at radius 1 is 1.22 bits per heavy atom. The predicted octanol–water partition coefficient (Wildman–Crippen LogP) is 4.88. The lowest BCUT2D eigenvalue weighted by atomic mass is 9.88. The molecule has 0 saturated heterocycles. The zero-order valence-electron chi connectivity index (χ0n) is 13.4. The number of hydrogen-bond donors (Lipinski definition) is 0. The van der Waals surface area contributed by atoms with Crippen LogP contribution in [0.3, 0.4) is 0 Å². The van der Waals surface area contributed by atoms with Crippen molar-refractivity contribution in [1.29, 1.82) is 0 Å². The first-order valence-corrected chi connectivity index (χ1v) is 9.11. The van der Waals surface area contributed by atoms with Crippen molar-refractivity contribution < 1.29 is 14.3 Å². The Morgan fingerprint density at radius 3 is 2.52 bits per heavy atom. The summed E-state index contributed by atoms with van der Waals surface area (Å²) in [5.41, 5.74) is 0.559. The van der Waals surface area contributed by atoms with Crippen molar-refractivity contribution in [2.24, 2.45) is 4.99 Å². The number of methoxy groups -OCH3 is 1. The molecule has 0 aliphatic heterocycles. The molecule has 0 N–H and O–H groups in total. The zero-order valence-corrected chi connectivity index (χ0v) is 15.0. The van der Waals surface area contributed by atoms with E-state index in [0.29, 0.717) is 5.75 Å². The molecule has 0 unspecified atom stereocenters. The molecule has 1 aromatic carbocycles. The molecule has 4 nitrogen and oxygen atoms in total. The van der Waals surface area contributed by atoms with Crippen molar-refractivity contribution in [1.82, 2.24) is 0 Å². The van der Waals surface area contributed by atoms with E-state index in [2.05, 4.69) is 20.9 Å². The van der Waals surface area contributed by atoms with Crippen LogP contribution in [-0.2, 0) is 10.3 Å². The first-order chi connectivity index (χ1) is 11.2. The van der Waals surface area contributed by atoms with Crippen molar-refractivity contribution in [3.63, 3.8) is 0 Å². The number of carbonyl (C=O) groups excluding carboxylic acids is 1. The van der Waals surface area contributed by atoms with Gasteiger partial charge >= 0.3 is 0 Å². The van der Waals surface area contributed by atoms with Gasteiger partial charge in [-0.2, -0.15) is 4.99 Å². The third-order valence-electron chi connectivity index (χ3n) is 5.04. The van der Waals surface area contributed by atoms with Gasteiger partial charge in [0.15, 0.2) is 11.5 Å². The third-order valence-corrected chi connectivity index (χ3v) is 5.63. The maximum absolute atomic E-state index is 11.0. The number of rotatable bonds is 5. The maximum Gasteiger partial charge on any atom is 0.235 e. The summed E-state index contributed by atoms with van der Waals surface area (Å²) in [7, 11) is 1.65. The minimum atomic E-state index is -0.454. The van der Waals surface area contributed by atoms with E-state index in [0.717, 1.165) is 54.3 Å². The van der Waals surface area contributed by atoms with Crippen molar-refractivity contribution in [3.8, 4) is 11.5 Å². The molecule has 0 radical (unpaired) electrons. The van der Waals surface area contributed by atoms with Crippen LogP contribution in [0.2, 0.25) is 0 Å². The van der Waals surface area contributed by atoms with Gasteiger partial charge in [-0.1, -0.05) is 12.8 Å². The second-order valence-electron chi connectivity index (χ2n) is 6.46. The predicted molar refractivity (Wildman–Crippen MR) is 91.8 cm³/mol. The first-order valence-electron chi connectivity index (χ1n) is 8.32. The number of aliphatic imine (C=N–C) groups is 1. The molecule has 2 saturated carbocycles. The lowest BCUT2D eigenvalue weighted by molar-refractivity contribution is 0.200. The highest BCUT2D eigenvalue weighted by Crippen LogP contribution is 2.47. The monoisotopic (exact) mass is 379 g/mol. The van der Waals surface area contributed by atoms with Gasteiger partial charge in [-0.3, -0.25) is 0 Å². The van der Waals surface area contributed by atoms with Gasteiger partial charge in [0.25, 0.3) is 0 Å². The molecule has 0 bridgehead atoms. The van der Waals surface area contributed by atoms with E-state index in [4.69, 9.17) is 9.47 Å². The quantitative estimate of drug-likeness (QED) is 0.540. The Labute approximate surface area is 145 Å². The second-order valence-corrected chi connectivity index (χ2v) is 7.31. The first kappa shape index (κ1) is 16.5. The minimum absolute atomic E-state index is 0.250. The molecule has 0 spiro atoms. The Hall–Kier alpha value is -1.32. The summed E-state index contributed by atoms with van der Waals surface area (Å²) in [6.07, 6.45) is 10.5. The standard InChI is InChI=1S/C18H22BrNO3/c1-22-17-15(19)10-13(18(20-12-21)8-4-5-9-18)11-16(17)23-14-6-2-3-7-14/h10-11,14H,2-9H2,1H3. The highest BCUT2D eigenvalue weighted by atomic mass is 79.9. The SMILES string of the molecule is COc1c(Br)cc(C2(N=C=O)CCCC2)cc1OC1CCCC1. The summed E-state index contributed by atoms with van der Waals surface area (Å²) in [6, 6.07) is 4.01. The van der Waals surface area contributed by atoms with E-state index in [1.807, 2.05) is 12.1 Å². The van der Waals surface area contributed by atoms with Crippen LogP contribution in [0.15, 0.2) is 21.6 Å². The van der Waals surface area contributed by atoms with E-state index in [-0.39, 0.29) is 6.10 Å². The maximum atomic E-state index is 11.0. The van der Waals surface area contributed by atoms with Gasteiger partial charge in [0.1, 0.15) is 0 Å². The molecule has 124 valence electrons. The van der Waals surface area contributed by atoms with E-state index < -0.39 is 5.54 Å². The topological polar surface area (TPSA) is 47.9 Å². The molecular weight excluding hydrogens is 358 g/mol. The fraction of sp³-hybridized carbons (Fsp3) is 0.611. The number of ether oxygens (including phenoxy) is 2. The third kappa shape index (κ3) is 3.31. The van der Waals surface area contributed by atoms with Gasteiger partial charge in [-0.05, 0) is 72.2 Å². The summed E-state index contributed by atoms with van der Waals surface area (Å²) in [5.74, 6) is 1.46. The molecule has 3 rings (SSSR count). The number of hydrogen-bond acceptors (Lipinski definition) is 4. The van der Waals surface area contributed by atoms with Crippen molar-refractivity contribution in [3.05, 3.63) is 22.2 Å². The van der Waals surface area contributed by atoms with E-state index in [1.165, 1.54) is 12.8 Å². The van der Waals surface area contributed by atoms with Crippen molar-refractivity contribution in [2.45, 2.75) is 63.0 Å². The molecule has 0 atom stereocenters. The molecule has 2 aliphatic carbocycles. The van der Waals surface area contributed by atoms with Gasteiger partial charge in [-0.25, -0.2) is 4.79 Å². The average Bonchev–Trinajstić information content (AvgIpc) is 3.20. The molecular formula is C18H22BrNO3. The summed E-state index contributed by atoms with van der Waals surface area (Å²) in [6.45, 7) is 0. The van der Waals surface area contributed by atoms with Crippen LogP contribution in [0.1, 0.15) is 56.9 Å². The molecule has 0 heterocycles. The number of halogens is 1. The summed E-state index contributed by atoms with van der Waals surface area (Å²) >= 11 is 3.58. The molecule has 5 heteroatoms. The number of isocyanates is 1. The van der Waals surface area contributed by atoms with Gasteiger partial charge in [-0.15, -0.1) is 0 Å². The molecule has 0 aromatic heterocycles. The van der Waals surface area contributed by atoms with Crippen LogP contribution in [0.4, 0.5) is 0 Å². The molecule has 23 heavy (non-hydrogen) atoms. The van der Waals surface area contributed by atoms with Crippen LogP contribution < -0.4 is 9.47 Å². The Bertz CT molecular complexity index is 613. The van der Waals surface area contributed by atoms with Crippen LogP contribution in [0.25, 0.3) is 0 Å². The normalized spacial score (nSPS) is 20.3. The lowest BCUT2D eigenvalue weighted by Gasteiger charge is -2.25. The van der Waals surface area contributed by atoms with E-state index in [9.17, 15) is 4.79 Å². The Morgan fingerprint density at radius 2 is 1.91 bits per heavy atom. The lowest BCUT2D eigenvalue weighted by Crippen LogP contribution is -2.20. The van der Waals surface area contributed by atoms with Crippen LogP contribution in [0, 0.1) is 0 Å². The molecule has 2 fully saturated rings.